The van der Waals surface area contributed by atoms with Crippen molar-refractivity contribution < 1.29 is 28.5 Å². The lowest BCUT2D eigenvalue weighted by Gasteiger charge is -2.16. The predicted octanol–water partition coefficient (Wildman–Crippen LogP) is 3.75. The molecule has 30 heavy (non-hydrogen) atoms. The van der Waals surface area contributed by atoms with E-state index in [1.54, 1.807) is 39.2 Å². The summed E-state index contributed by atoms with van der Waals surface area (Å²) in [5, 5.41) is 0. The van der Waals surface area contributed by atoms with Gasteiger partial charge < -0.3 is 18.9 Å². The molecule has 0 fully saturated rings. The molecule has 0 saturated heterocycles. The Morgan fingerprint density at radius 2 is 1.53 bits per heavy atom. The van der Waals surface area contributed by atoms with Gasteiger partial charge in [-0.05, 0) is 48.7 Å². The van der Waals surface area contributed by atoms with Crippen molar-refractivity contribution in [3.05, 3.63) is 64.7 Å². The fraction of sp³-hybridized carbons (Fsp3) is 0.333. The van der Waals surface area contributed by atoms with Crippen molar-refractivity contribution in [2.45, 2.75) is 32.8 Å². The maximum Gasteiger partial charge on any atom is 0.345 e. The van der Waals surface area contributed by atoms with Crippen molar-refractivity contribution in [2.24, 2.45) is 0 Å². The Hall–Kier alpha value is -3.28. The Labute approximate surface area is 176 Å². The van der Waals surface area contributed by atoms with Gasteiger partial charge in [-0.15, -0.1) is 0 Å². The SMILES string of the molecule is CCOC(=O)C(=Cc1ccc(OC)c(OC2Cc3ccccc3C2)c1)C(=O)OCC. The number of hydrogen-bond donors (Lipinski definition) is 0. The topological polar surface area (TPSA) is 71.1 Å². The first-order valence-corrected chi connectivity index (χ1v) is 10.0. The first-order valence-electron chi connectivity index (χ1n) is 10.0. The number of fused-ring (bicyclic) bond motifs is 1. The van der Waals surface area contributed by atoms with Gasteiger partial charge in [-0.2, -0.15) is 0 Å². The van der Waals surface area contributed by atoms with Crippen LogP contribution in [0.25, 0.3) is 6.08 Å². The highest BCUT2D eigenvalue weighted by atomic mass is 16.6. The van der Waals surface area contributed by atoms with Gasteiger partial charge in [0.2, 0.25) is 0 Å². The maximum absolute atomic E-state index is 12.2. The van der Waals surface area contributed by atoms with Crippen LogP contribution in [0.15, 0.2) is 48.0 Å². The summed E-state index contributed by atoms with van der Waals surface area (Å²) in [7, 11) is 1.57. The second kappa shape index (κ2) is 9.96. The van der Waals surface area contributed by atoms with Gasteiger partial charge in [0.1, 0.15) is 11.7 Å². The van der Waals surface area contributed by atoms with E-state index >= 15 is 0 Å². The molecule has 0 aliphatic heterocycles. The largest absolute Gasteiger partial charge is 0.493 e. The van der Waals surface area contributed by atoms with E-state index in [-0.39, 0.29) is 24.9 Å². The molecule has 0 heterocycles. The van der Waals surface area contributed by atoms with E-state index in [1.165, 1.54) is 17.2 Å². The molecule has 0 spiro atoms. The lowest BCUT2D eigenvalue weighted by Crippen LogP contribution is -2.18. The van der Waals surface area contributed by atoms with Gasteiger partial charge in [-0.1, -0.05) is 30.3 Å². The van der Waals surface area contributed by atoms with E-state index in [0.29, 0.717) is 17.1 Å². The molecule has 6 nitrogen and oxygen atoms in total. The molecule has 1 aliphatic rings. The van der Waals surface area contributed by atoms with Gasteiger partial charge >= 0.3 is 11.9 Å². The summed E-state index contributed by atoms with van der Waals surface area (Å²) in [5.41, 5.74) is 3.01. The molecule has 0 amide bonds. The second-order valence-corrected chi connectivity index (χ2v) is 6.83. The number of carbonyl (C=O) groups excluding carboxylic acids is 2. The Morgan fingerprint density at radius 1 is 0.933 bits per heavy atom. The molecule has 1 aliphatic carbocycles. The highest BCUT2D eigenvalue weighted by Gasteiger charge is 2.24. The van der Waals surface area contributed by atoms with Crippen LogP contribution in [-0.4, -0.2) is 38.4 Å². The third-order valence-corrected chi connectivity index (χ3v) is 4.80. The molecule has 158 valence electrons. The average Bonchev–Trinajstić information content (AvgIpc) is 3.14. The summed E-state index contributed by atoms with van der Waals surface area (Å²) >= 11 is 0. The van der Waals surface area contributed by atoms with Crippen LogP contribution in [0.5, 0.6) is 11.5 Å². The van der Waals surface area contributed by atoms with Crippen molar-refractivity contribution in [3.8, 4) is 11.5 Å². The summed E-state index contributed by atoms with van der Waals surface area (Å²) in [5.74, 6) is -0.311. The minimum absolute atomic E-state index is 0.00915. The van der Waals surface area contributed by atoms with Crippen molar-refractivity contribution in [1.29, 1.82) is 0 Å². The molecular formula is C24H26O6. The second-order valence-electron chi connectivity index (χ2n) is 6.83. The Balaban J connectivity index is 1.86. The Kier molecular flexibility index (Phi) is 7.12. The van der Waals surface area contributed by atoms with Crippen molar-refractivity contribution >= 4 is 18.0 Å². The van der Waals surface area contributed by atoms with Crippen LogP contribution in [0.4, 0.5) is 0 Å². The van der Waals surface area contributed by atoms with Crippen molar-refractivity contribution in [2.75, 3.05) is 20.3 Å². The summed E-state index contributed by atoms with van der Waals surface area (Å²) < 4.78 is 21.7. The molecule has 0 N–H and O–H groups in total. The smallest absolute Gasteiger partial charge is 0.345 e. The number of carbonyl (C=O) groups is 2. The molecule has 0 saturated carbocycles. The Bertz CT molecular complexity index is 901. The van der Waals surface area contributed by atoms with E-state index in [2.05, 4.69) is 12.1 Å². The maximum atomic E-state index is 12.2. The number of rotatable bonds is 8. The number of benzene rings is 2. The lowest BCUT2D eigenvalue weighted by molar-refractivity contribution is -0.146. The summed E-state index contributed by atoms with van der Waals surface area (Å²) in [6, 6.07) is 13.5. The minimum atomic E-state index is -0.722. The third kappa shape index (κ3) is 5.00. The first kappa shape index (κ1) is 21.4. The van der Waals surface area contributed by atoms with E-state index < -0.39 is 11.9 Å². The molecule has 0 bridgehead atoms. The van der Waals surface area contributed by atoms with Crippen LogP contribution >= 0.6 is 0 Å². The highest BCUT2D eigenvalue weighted by molar-refractivity contribution is 6.17. The quantitative estimate of drug-likeness (QED) is 0.286. The molecule has 2 aromatic carbocycles. The fourth-order valence-electron chi connectivity index (χ4n) is 3.44. The van der Waals surface area contributed by atoms with Gasteiger partial charge in [-0.3, -0.25) is 0 Å². The monoisotopic (exact) mass is 410 g/mol. The third-order valence-electron chi connectivity index (χ3n) is 4.80. The van der Waals surface area contributed by atoms with E-state index in [4.69, 9.17) is 18.9 Å². The molecule has 6 heteroatoms. The van der Waals surface area contributed by atoms with Crippen LogP contribution in [0, 0.1) is 0 Å². The Morgan fingerprint density at radius 3 is 2.07 bits per heavy atom. The van der Waals surface area contributed by atoms with Crippen LogP contribution in [0.3, 0.4) is 0 Å². The highest BCUT2D eigenvalue weighted by Crippen LogP contribution is 2.33. The average molecular weight is 410 g/mol. The number of esters is 2. The van der Waals surface area contributed by atoms with Crippen molar-refractivity contribution in [3.63, 3.8) is 0 Å². The summed E-state index contributed by atoms with van der Waals surface area (Å²) in [6.45, 7) is 3.68. The van der Waals surface area contributed by atoms with Crippen LogP contribution in [0.2, 0.25) is 0 Å². The lowest BCUT2D eigenvalue weighted by atomic mass is 10.1. The van der Waals surface area contributed by atoms with E-state index in [1.807, 2.05) is 12.1 Å². The zero-order valence-corrected chi connectivity index (χ0v) is 17.5. The van der Waals surface area contributed by atoms with Crippen LogP contribution in [0.1, 0.15) is 30.5 Å². The molecule has 2 aromatic rings. The summed E-state index contributed by atoms with van der Waals surface area (Å²) in [6.07, 6.45) is 3.07. The van der Waals surface area contributed by atoms with Gasteiger partial charge in [0, 0.05) is 12.8 Å². The first-order chi connectivity index (χ1) is 14.5. The minimum Gasteiger partial charge on any atom is -0.493 e. The summed E-state index contributed by atoms with van der Waals surface area (Å²) in [4.78, 5) is 24.5. The normalized spacial score (nSPS) is 12.6. The molecule has 3 rings (SSSR count). The number of methoxy groups -OCH3 is 1. The molecule has 0 radical (unpaired) electrons. The molecule has 0 unspecified atom stereocenters. The van der Waals surface area contributed by atoms with Gasteiger partial charge in [-0.25, -0.2) is 9.59 Å². The van der Waals surface area contributed by atoms with E-state index in [0.717, 1.165) is 12.8 Å². The zero-order valence-electron chi connectivity index (χ0n) is 17.5. The predicted molar refractivity (Wildman–Crippen MR) is 113 cm³/mol. The van der Waals surface area contributed by atoms with E-state index in [9.17, 15) is 9.59 Å². The standard InChI is InChI=1S/C24H26O6/c1-4-28-23(25)20(24(26)29-5-2)12-16-10-11-21(27-3)22(13-16)30-19-14-17-8-6-7-9-18(17)15-19/h6-13,19H,4-5,14-15H2,1-3H3. The fourth-order valence-corrected chi connectivity index (χ4v) is 3.44. The zero-order chi connectivity index (χ0) is 21.5. The van der Waals surface area contributed by atoms with Gasteiger partial charge in [0.25, 0.3) is 0 Å². The molecule has 0 aromatic heterocycles. The van der Waals surface area contributed by atoms with Crippen molar-refractivity contribution in [1.82, 2.24) is 0 Å². The number of hydrogen-bond acceptors (Lipinski definition) is 6. The molecule has 0 atom stereocenters. The molecular weight excluding hydrogens is 384 g/mol. The van der Waals surface area contributed by atoms with Gasteiger partial charge in [0.15, 0.2) is 11.5 Å². The van der Waals surface area contributed by atoms with Gasteiger partial charge in [0.05, 0.1) is 20.3 Å². The van der Waals surface area contributed by atoms with Crippen LogP contribution in [-0.2, 0) is 31.9 Å². The number of ether oxygens (including phenoxy) is 4. The van der Waals surface area contributed by atoms with Crippen LogP contribution < -0.4 is 9.47 Å².